The van der Waals surface area contributed by atoms with E-state index in [1.165, 1.54) is 5.56 Å². The Labute approximate surface area is 94.2 Å². The number of rotatable bonds is 2. The van der Waals surface area contributed by atoms with E-state index in [0.717, 1.165) is 18.4 Å². The van der Waals surface area contributed by atoms with Gasteiger partial charge in [0.15, 0.2) is 0 Å². The van der Waals surface area contributed by atoms with Crippen molar-refractivity contribution in [1.29, 1.82) is 0 Å². The van der Waals surface area contributed by atoms with Crippen molar-refractivity contribution in [1.82, 2.24) is 0 Å². The summed E-state index contributed by atoms with van der Waals surface area (Å²) in [5.74, 6) is -0.239. The number of aryl methyl sites for hydroxylation is 1. The van der Waals surface area contributed by atoms with Crippen LogP contribution < -0.4 is 0 Å². The third-order valence-corrected chi connectivity index (χ3v) is 2.99. The van der Waals surface area contributed by atoms with Gasteiger partial charge in [0.2, 0.25) is 0 Å². The number of ether oxygens (including phenoxy) is 1. The molecule has 1 aliphatic rings. The third kappa shape index (κ3) is 2.00. The molecule has 0 bridgehead atoms. The minimum absolute atomic E-state index is 0.112. The van der Waals surface area contributed by atoms with Gasteiger partial charge in [-0.25, -0.2) is 0 Å². The van der Waals surface area contributed by atoms with Crippen LogP contribution in [0.15, 0.2) is 18.2 Å². The number of benzene rings is 1. The Morgan fingerprint density at radius 3 is 3.13 bits per heavy atom. The number of carbonyl (C=O) groups excluding carboxylic acids is 1. The van der Waals surface area contributed by atoms with E-state index in [2.05, 4.69) is 0 Å². The maximum Gasteiger partial charge on any atom is 0.313 e. The molecule has 0 fully saturated rings. The lowest BCUT2D eigenvalue weighted by atomic mass is 10.0. The van der Waals surface area contributed by atoms with Gasteiger partial charge in [0, 0.05) is 5.02 Å². The fraction of sp³-hybridized carbons (Fsp3) is 0.417. The van der Waals surface area contributed by atoms with Gasteiger partial charge in [-0.3, -0.25) is 4.79 Å². The van der Waals surface area contributed by atoms with Crippen molar-refractivity contribution in [2.45, 2.75) is 25.7 Å². The SMILES string of the molecule is CCOC(=O)[C@@H]1CCc2ccc(Cl)cc21. The van der Waals surface area contributed by atoms with E-state index in [-0.39, 0.29) is 11.9 Å². The van der Waals surface area contributed by atoms with E-state index < -0.39 is 0 Å². The molecule has 0 aromatic heterocycles. The highest BCUT2D eigenvalue weighted by Gasteiger charge is 2.29. The molecule has 0 heterocycles. The fourth-order valence-electron chi connectivity index (χ4n) is 2.06. The minimum atomic E-state index is -0.126. The maximum atomic E-state index is 11.7. The Bertz CT molecular complexity index is 387. The second kappa shape index (κ2) is 4.23. The lowest BCUT2D eigenvalue weighted by Gasteiger charge is -2.10. The van der Waals surface area contributed by atoms with E-state index in [9.17, 15) is 4.79 Å². The fourth-order valence-corrected chi connectivity index (χ4v) is 2.24. The zero-order valence-corrected chi connectivity index (χ0v) is 9.38. The highest BCUT2D eigenvalue weighted by atomic mass is 35.5. The zero-order chi connectivity index (χ0) is 10.8. The number of fused-ring (bicyclic) bond motifs is 1. The largest absolute Gasteiger partial charge is 0.466 e. The van der Waals surface area contributed by atoms with Crippen LogP contribution in [0, 0.1) is 0 Å². The number of carbonyl (C=O) groups is 1. The predicted molar refractivity (Wildman–Crippen MR) is 59.1 cm³/mol. The summed E-state index contributed by atoms with van der Waals surface area (Å²) in [4.78, 5) is 11.7. The maximum absolute atomic E-state index is 11.7. The molecule has 0 amide bonds. The van der Waals surface area contributed by atoms with E-state index >= 15 is 0 Å². The van der Waals surface area contributed by atoms with E-state index in [1.807, 2.05) is 25.1 Å². The zero-order valence-electron chi connectivity index (χ0n) is 8.63. The first-order valence-corrected chi connectivity index (χ1v) is 5.55. The summed E-state index contributed by atoms with van der Waals surface area (Å²) in [5, 5.41) is 0.685. The van der Waals surface area contributed by atoms with Gasteiger partial charge in [0.25, 0.3) is 0 Å². The van der Waals surface area contributed by atoms with Gasteiger partial charge < -0.3 is 4.74 Å². The predicted octanol–water partition coefficient (Wildman–Crippen LogP) is 2.93. The van der Waals surface area contributed by atoms with Crippen LogP contribution in [-0.4, -0.2) is 12.6 Å². The standard InChI is InChI=1S/C12H13ClO2/c1-2-15-12(14)10-6-4-8-3-5-9(13)7-11(8)10/h3,5,7,10H,2,4,6H2,1H3/t10-/m1/s1. The highest BCUT2D eigenvalue weighted by Crippen LogP contribution is 2.35. The van der Waals surface area contributed by atoms with E-state index in [4.69, 9.17) is 16.3 Å². The molecule has 2 nitrogen and oxygen atoms in total. The normalized spacial score (nSPS) is 18.7. The molecule has 0 spiro atoms. The summed E-state index contributed by atoms with van der Waals surface area (Å²) in [6.07, 6.45) is 1.78. The third-order valence-electron chi connectivity index (χ3n) is 2.76. The molecule has 1 aromatic carbocycles. The Morgan fingerprint density at radius 1 is 1.60 bits per heavy atom. The molecule has 1 aromatic rings. The van der Waals surface area contributed by atoms with Crippen LogP contribution in [0.25, 0.3) is 0 Å². The van der Waals surface area contributed by atoms with Crippen LogP contribution in [0.3, 0.4) is 0 Å². The van der Waals surface area contributed by atoms with Crippen molar-refractivity contribution < 1.29 is 9.53 Å². The first-order valence-electron chi connectivity index (χ1n) is 5.17. The van der Waals surface area contributed by atoms with Gasteiger partial charge in [0.05, 0.1) is 12.5 Å². The number of hydrogen-bond donors (Lipinski definition) is 0. The Morgan fingerprint density at radius 2 is 2.40 bits per heavy atom. The van der Waals surface area contributed by atoms with Gasteiger partial charge in [0.1, 0.15) is 0 Å². The second-order valence-electron chi connectivity index (χ2n) is 3.69. The molecule has 1 aliphatic carbocycles. The molecule has 0 saturated heterocycles. The number of hydrogen-bond acceptors (Lipinski definition) is 2. The van der Waals surface area contributed by atoms with Crippen molar-refractivity contribution in [3.05, 3.63) is 34.3 Å². The quantitative estimate of drug-likeness (QED) is 0.722. The van der Waals surface area contributed by atoms with Crippen molar-refractivity contribution >= 4 is 17.6 Å². The van der Waals surface area contributed by atoms with Crippen LogP contribution in [0.2, 0.25) is 5.02 Å². The molecule has 15 heavy (non-hydrogen) atoms. The molecule has 80 valence electrons. The average Bonchev–Trinajstić information content (AvgIpc) is 2.60. The summed E-state index contributed by atoms with van der Waals surface area (Å²) < 4.78 is 5.04. The van der Waals surface area contributed by atoms with Crippen molar-refractivity contribution in [3.8, 4) is 0 Å². The first kappa shape index (κ1) is 10.5. The Balaban J connectivity index is 2.27. The average molecular weight is 225 g/mol. The molecule has 2 rings (SSSR count). The summed E-state index contributed by atoms with van der Waals surface area (Å²) >= 11 is 5.92. The number of esters is 1. The Kier molecular flexibility index (Phi) is 2.96. The minimum Gasteiger partial charge on any atom is -0.466 e. The van der Waals surface area contributed by atoms with Crippen molar-refractivity contribution in [2.75, 3.05) is 6.61 Å². The molecule has 1 atom stereocenters. The molecule has 3 heteroatoms. The van der Waals surface area contributed by atoms with Crippen LogP contribution in [0.4, 0.5) is 0 Å². The second-order valence-corrected chi connectivity index (χ2v) is 4.12. The summed E-state index contributed by atoms with van der Waals surface area (Å²) in [5.41, 5.74) is 2.26. The summed E-state index contributed by atoms with van der Waals surface area (Å²) in [6, 6.07) is 5.75. The van der Waals surface area contributed by atoms with Crippen molar-refractivity contribution in [2.24, 2.45) is 0 Å². The van der Waals surface area contributed by atoms with Gasteiger partial charge in [-0.1, -0.05) is 17.7 Å². The van der Waals surface area contributed by atoms with E-state index in [0.29, 0.717) is 11.6 Å². The lowest BCUT2D eigenvalue weighted by molar-refractivity contribution is -0.144. The Hall–Kier alpha value is -1.02. The van der Waals surface area contributed by atoms with Crippen LogP contribution in [0.5, 0.6) is 0 Å². The van der Waals surface area contributed by atoms with Crippen LogP contribution >= 0.6 is 11.6 Å². The van der Waals surface area contributed by atoms with Crippen molar-refractivity contribution in [3.63, 3.8) is 0 Å². The molecule has 0 saturated carbocycles. The molecule has 0 N–H and O–H groups in total. The molecule has 0 unspecified atom stereocenters. The van der Waals surface area contributed by atoms with Gasteiger partial charge >= 0.3 is 5.97 Å². The number of halogens is 1. The van der Waals surface area contributed by atoms with Gasteiger partial charge in [-0.05, 0) is 43.0 Å². The molecule has 0 aliphatic heterocycles. The van der Waals surface area contributed by atoms with Gasteiger partial charge in [-0.15, -0.1) is 0 Å². The lowest BCUT2D eigenvalue weighted by Crippen LogP contribution is -2.13. The van der Waals surface area contributed by atoms with Crippen LogP contribution in [0.1, 0.15) is 30.4 Å². The van der Waals surface area contributed by atoms with E-state index in [1.54, 1.807) is 0 Å². The highest BCUT2D eigenvalue weighted by molar-refractivity contribution is 6.30. The first-order chi connectivity index (χ1) is 7.22. The topological polar surface area (TPSA) is 26.3 Å². The smallest absolute Gasteiger partial charge is 0.313 e. The molecular formula is C12H13ClO2. The van der Waals surface area contributed by atoms with Crippen LogP contribution in [-0.2, 0) is 16.0 Å². The summed E-state index contributed by atoms with van der Waals surface area (Å²) in [6.45, 7) is 2.26. The molecule has 0 radical (unpaired) electrons. The summed E-state index contributed by atoms with van der Waals surface area (Å²) in [7, 11) is 0. The van der Waals surface area contributed by atoms with Gasteiger partial charge in [-0.2, -0.15) is 0 Å². The monoisotopic (exact) mass is 224 g/mol. The molecular weight excluding hydrogens is 212 g/mol.